The van der Waals surface area contributed by atoms with Crippen LogP contribution in [0.4, 0.5) is 0 Å². The minimum absolute atomic E-state index is 0.701. The van der Waals surface area contributed by atoms with Gasteiger partial charge < -0.3 is 0 Å². The Morgan fingerprint density at radius 2 is 1.88 bits per heavy atom. The summed E-state index contributed by atoms with van der Waals surface area (Å²) in [5, 5.41) is 3.70. The molecule has 48 valence electrons. The molecule has 0 N–H and O–H groups in total. The molecule has 0 aromatic heterocycles. The van der Waals surface area contributed by atoms with Gasteiger partial charge in [-0.25, -0.2) is 14.6 Å². The van der Waals surface area contributed by atoms with Gasteiger partial charge in [-0.05, 0) is 0 Å². The summed E-state index contributed by atoms with van der Waals surface area (Å²) in [5.41, 5.74) is 0. The van der Waals surface area contributed by atoms with Crippen molar-refractivity contribution in [3.63, 3.8) is 0 Å². The van der Waals surface area contributed by atoms with Crippen LogP contribution >= 0.6 is 0 Å². The highest BCUT2D eigenvalue weighted by atomic mass is 17.2. The van der Waals surface area contributed by atoms with Gasteiger partial charge in [0, 0.05) is 6.72 Å². The number of rotatable bonds is 4. The summed E-state index contributed by atoms with van der Waals surface area (Å²) < 4.78 is 0. The molecule has 0 atom stereocenters. The summed E-state index contributed by atoms with van der Waals surface area (Å²) in [6, 6.07) is 0. The molecule has 0 bridgehead atoms. The zero-order valence-corrected chi connectivity index (χ0v) is 4.83. The molecule has 0 aliphatic rings. The van der Waals surface area contributed by atoms with Crippen LogP contribution in [0.25, 0.3) is 0 Å². The van der Waals surface area contributed by atoms with Gasteiger partial charge in [0.1, 0.15) is 0 Å². The van der Waals surface area contributed by atoms with Crippen molar-refractivity contribution >= 4 is 6.72 Å². The van der Waals surface area contributed by atoms with Crippen molar-refractivity contribution in [3.05, 3.63) is 0 Å². The molecule has 0 aliphatic carbocycles. The maximum Gasteiger partial charge on any atom is 0.151 e. The van der Waals surface area contributed by atoms with E-state index in [0.29, 0.717) is 5.39 Å². The minimum atomic E-state index is 0.701. The topological polar surface area (TPSA) is 43.3 Å². The van der Waals surface area contributed by atoms with Crippen LogP contribution in [0.1, 0.15) is 0 Å². The molecule has 0 saturated heterocycles. The second-order valence-corrected chi connectivity index (χ2v) is 0.800. The monoisotopic (exact) mass is 120 g/mol. The van der Waals surface area contributed by atoms with Crippen molar-refractivity contribution < 1.29 is 14.6 Å². The van der Waals surface area contributed by atoms with Crippen LogP contribution in [0.2, 0.25) is 0 Å². The molecule has 5 nitrogen and oxygen atoms in total. The van der Waals surface area contributed by atoms with E-state index in [1.54, 1.807) is 0 Å². The Labute approximate surface area is 47.3 Å². The first-order chi connectivity index (χ1) is 3.85. The van der Waals surface area contributed by atoms with Crippen molar-refractivity contribution in [2.45, 2.75) is 0 Å². The third kappa shape index (κ3) is 2.51. The highest BCUT2D eigenvalue weighted by molar-refractivity contribution is 5.21. The van der Waals surface area contributed by atoms with Crippen molar-refractivity contribution in [1.29, 1.82) is 0 Å². The Morgan fingerprint density at radius 1 is 1.38 bits per heavy atom. The molecule has 0 aromatic carbocycles. The summed E-state index contributed by atoms with van der Waals surface area (Å²) in [4.78, 5) is 13.0. The lowest BCUT2D eigenvalue weighted by Crippen LogP contribution is -2.18. The molecule has 5 heteroatoms. The van der Waals surface area contributed by atoms with E-state index in [9.17, 15) is 0 Å². The van der Waals surface area contributed by atoms with Gasteiger partial charge in [0.25, 0.3) is 0 Å². The molecular weight excluding hydrogens is 112 g/mol. The fourth-order valence-corrected chi connectivity index (χ4v) is 0.188. The zero-order chi connectivity index (χ0) is 6.41. The molecule has 8 heavy (non-hydrogen) atoms. The quantitative estimate of drug-likeness (QED) is 0.385. The zero-order valence-electron chi connectivity index (χ0n) is 4.83. The number of hydrogen-bond acceptors (Lipinski definition) is 5. The Hall–Kier alpha value is -0.650. The molecular formula is C3H8N2O3. The van der Waals surface area contributed by atoms with Gasteiger partial charge in [0.2, 0.25) is 0 Å². The van der Waals surface area contributed by atoms with E-state index in [-0.39, 0.29) is 0 Å². The molecule has 0 fully saturated rings. The maximum atomic E-state index is 4.39. The average Bonchev–Trinajstić information content (AvgIpc) is 1.83. The van der Waals surface area contributed by atoms with E-state index in [1.807, 2.05) is 0 Å². The average molecular weight is 120 g/mol. The molecule has 0 saturated carbocycles. The lowest BCUT2D eigenvalue weighted by molar-refractivity contribution is -0.511. The minimum Gasteiger partial charge on any atom is -0.243 e. The summed E-state index contributed by atoms with van der Waals surface area (Å²) in [5.74, 6) is 0. The van der Waals surface area contributed by atoms with E-state index in [0.717, 1.165) is 0 Å². The predicted octanol–water partition coefficient (Wildman–Crippen LogP) is -0.0416. The van der Waals surface area contributed by atoms with Crippen LogP contribution in [0.5, 0.6) is 0 Å². The molecule has 0 spiro atoms. The van der Waals surface area contributed by atoms with Gasteiger partial charge in [-0.15, -0.1) is 0 Å². The lowest BCUT2D eigenvalue weighted by Gasteiger charge is -2.08. The maximum absolute atomic E-state index is 4.39. The lowest BCUT2D eigenvalue weighted by atomic mass is 11.7. The Balaban J connectivity index is 3.20. The highest BCUT2D eigenvalue weighted by Crippen LogP contribution is 1.87. The van der Waals surface area contributed by atoms with Crippen molar-refractivity contribution in [2.24, 2.45) is 5.16 Å². The first-order valence-corrected chi connectivity index (χ1v) is 1.86. The van der Waals surface area contributed by atoms with Crippen LogP contribution in [-0.4, -0.2) is 26.3 Å². The predicted molar refractivity (Wildman–Crippen MR) is 26.5 cm³/mol. The first kappa shape index (κ1) is 7.35. The summed E-state index contributed by atoms with van der Waals surface area (Å²) in [6.07, 6.45) is 0. The largest absolute Gasteiger partial charge is 0.243 e. The number of oxime groups is 1. The van der Waals surface area contributed by atoms with E-state index in [2.05, 4.69) is 26.5 Å². The molecule has 0 amide bonds. The second kappa shape index (κ2) is 4.51. The van der Waals surface area contributed by atoms with Crippen molar-refractivity contribution in [1.82, 2.24) is 5.39 Å². The first-order valence-electron chi connectivity index (χ1n) is 1.86. The Bertz CT molecular complexity index is 63.5. The van der Waals surface area contributed by atoms with Crippen LogP contribution in [0.3, 0.4) is 0 Å². The van der Waals surface area contributed by atoms with Gasteiger partial charge in [-0.2, -0.15) is 0 Å². The third-order valence-corrected chi connectivity index (χ3v) is 0.423. The van der Waals surface area contributed by atoms with Crippen LogP contribution in [0, 0.1) is 0 Å². The Morgan fingerprint density at radius 3 is 2.00 bits per heavy atom. The Kier molecular flexibility index (Phi) is 4.14. The summed E-state index contributed by atoms with van der Waals surface area (Å²) in [7, 11) is 2.74. The SMILES string of the molecule is C=NON(OC)OC. The molecule has 0 heterocycles. The van der Waals surface area contributed by atoms with Crippen molar-refractivity contribution in [3.8, 4) is 0 Å². The molecule has 0 rings (SSSR count). The number of nitrogens with zero attached hydrogens (tertiary/aromatic N) is 2. The second-order valence-electron chi connectivity index (χ2n) is 0.800. The van der Waals surface area contributed by atoms with E-state index in [4.69, 9.17) is 0 Å². The summed E-state index contributed by atoms with van der Waals surface area (Å²) in [6.45, 7) is 3.02. The third-order valence-electron chi connectivity index (χ3n) is 0.423. The standard InChI is InChI=1S/C3H8N2O3/c1-4-8-5(6-2)7-3/h1H2,2-3H3. The molecule has 0 aromatic rings. The molecule has 0 aliphatic heterocycles. The van der Waals surface area contributed by atoms with E-state index in [1.165, 1.54) is 14.2 Å². The van der Waals surface area contributed by atoms with Gasteiger partial charge in [-0.3, -0.25) is 0 Å². The normalized spacial score (nSPS) is 9.38. The summed E-state index contributed by atoms with van der Waals surface area (Å²) >= 11 is 0. The van der Waals surface area contributed by atoms with Crippen LogP contribution in [-0.2, 0) is 14.6 Å². The van der Waals surface area contributed by atoms with Gasteiger partial charge in [0.15, 0.2) is 5.39 Å². The number of hydrogen-bond donors (Lipinski definition) is 0. The molecule has 0 radical (unpaired) electrons. The van der Waals surface area contributed by atoms with Crippen LogP contribution < -0.4 is 0 Å². The van der Waals surface area contributed by atoms with E-state index < -0.39 is 0 Å². The van der Waals surface area contributed by atoms with Crippen molar-refractivity contribution in [2.75, 3.05) is 14.2 Å². The fraction of sp³-hybridized carbons (Fsp3) is 0.667. The smallest absolute Gasteiger partial charge is 0.151 e. The van der Waals surface area contributed by atoms with Gasteiger partial charge >= 0.3 is 0 Å². The highest BCUT2D eigenvalue weighted by Gasteiger charge is 1.96. The van der Waals surface area contributed by atoms with Gasteiger partial charge in [-0.1, -0.05) is 5.16 Å². The van der Waals surface area contributed by atoms with E-state index >= 15 is 0 Å². The van der Waals surface area contributed by atoms with Gasteiger partial charge in [0.05, 0.1) is 14.2 Å². The fourth-order valence-electron chi connectivity index (χ4n) is 0.188. The van der Waals surface area contributed by atoms with Crippen LogP contribution in [0.15, 0.2) is 5.16 Å². The molecule has 0 unspecified atom stereocenters.